The molecule has 0 amide bonds. The van der Waals surface area contributed by atoms with Crippen molar-refractivity contribution in [3.63, 3.8) is 0 Å². The van der Waals surface area contributed by atoms with Crippen molar-refractivity contribution in [3.8, 4) is 0 Å². The van der Waals surface area contributed by atoms with Crippen LogP contribution in [0.3, 0.4) is 0 Å². The molecule has 2 aromatic rings. The van der Waals surface area contributed by atoms with Crippen LogP contribution in [0, 0.1) is 0 Å². The van der Waals surface area contributed by atoms with Crippen LogP contribution in [0.25, 0.3) is 0 Å². The Morgan fingerprint density at radius 1 is 1.00 bits per heavy atom. The van der Waals surface area contributed by atoms with E-state index >= 15 is 0 Å². The predicted molar refractivity (Wildman–Crippen MR) is 72.4 cm³/mol. The van der Waals surface area contributed by atoms with E-state index in [1.54, 1.807) is 6.26 Å². The predicted octanol–water partition coefficient (Wildman–Crippen LogP) is 3.60. The summed E-state index contributed by atoms with van der Waals surface area (Å²) in [5, 5.41) is 9.86. The monoisotopic (exact) mass is 244 g/mol. The first-order valence-corrected chi connectivity index (χ1v) is 6.59. The Labute approximate surface area is 108 Å². The Morgan fingerprint density at radius 2 is 1.83 bits per heavy atom. The molecule has 18 heavy (non-hydrogen) atoms. The summed E-state index contributed by atoms with van der Waals surface area (Å²) < 4.78 is 5.22. The zero-order chi connectivity index (χ0) is 12.6. The van der Waals surface area contributed by atoms with Crippen LogP contribution < -0.4 is 0 Å². The fraction of sp³-hybridized carbons (Fsp3) is 0.375. The average molecular weight is 244 g/mol. The zero-order valence-electron chi connectivity index (χ0n) is 10.6. The van der Waals surface area contributed by atoms with E-state index in [4.69, 9.17) is 4.42 Å². The minimum atomic E-state index is -0.285. The number of aliphatic hydroxyl groups is 1. The van der Waals surface area contributed by atoms with Crippen molar-refractivity contribution in [1.82, 2.24) is 0 Å². The molecule has 0 aliphatic rings. The van der Waals surface area contributed by atoms with Gasteiger partial charge < -0.3 is 9.52 Å². The summed E-state index contributed by atoms with van der Waals surface area (Å²) in [4.78, 5) is 0. The number of aryl methyl sites for hydroxylation is 1. The molecule has 2 rings (SSSR count). The Morgan fingerprint density at radius 3 is 2.56 bits per heavy atom. The second-order valence-corrected chi connectivity index (χ2v) is 4.67. The molecule has 1 heterocycles. The van der Waals surface area contributed by atoms with E-state index in [0.29, 0.717) is 6.42 Å². The van der Waals surface area contributed by atoms with Gasteiger partial charge in [-0.1, -0.05) is 36.8 Å². The number of hydrogen-bond acceptors (Lipinski definition) is 2. The number of benzene rings is 1. The highest BCUT2D eigenvalue weighted by Crippen LogP contribution is 2.11. The molecule has 0 saturated carbocycles. The van der Waals surface area contributed by atoms with Gasteiger partial charge in [-0.2, -0.15) is 0 Å². The molecule has 2 heteroatoms. The molecular weight excluding hydrogens is 224 g/mol. The largest absolute Gasteiger partial charge is 0.469 e. The van der Waals surface area contributed by atoms with Crippen LogP contribution in [0.2, 0.25) is 0 Å². The lowest BCUT2D eigenvalue weighted by Gasteiger charge is -2.08. The molecular formula is C16H20O2. The molecule has 1 unspecified atom stereocenters. The van der Waals surface area contributed by atoms with Gasteiger partial charge >= 0.3 is 0 Å². The summed E-state index contributed by atoms with van der Waals surface area (Å²) >= 11 is 0. The van der Waals surface area contributed by atoms with Gasteiger partial charge in [-0.25, -0.2) is 0 Å². The van der Waals surface area contributed by atoms with Crippen molar-refractivity contribution in [2.45, 2.75) is 38.2 Å². The van der Waals surface area contributed by atoms with E-state index in [2.05, 4.69) is 24.3 Å². The first kappa shape index (κ1) is 12.9. The molecule has 0 fully saturated rings. The van der Waals surface area contributed by atoms with E-state index in [9.17, 15) is 5.11 Å². The average Bonchev–Trinajstić information content (AvgIpc) is 2.89. The summed E-state index contributed by atoms with van der Waals surface area (Å²) in [6, 6.07) is 14.3. The molecule has 1 aromatic heterocycles. The van der Waals surface area contributed by atoms with Gasteiger partial charge in [0.05, 0.1) is 12.4 Å². The van der Waals surface area contributed by atoms with Gasteiger partial charge in [-0.3, -0.25) is 0 Å². The number of unbranched alkanes of at least 4 members (excludes halogenated alkanes) is 1. The fourth-order valence-electron chi connectivity index (χ4n) is 2.12. The number of hydrogen-bond donors (Lipinski definition) is 1. The second kappa shape index (κ2) is 7.02. The number of furan rings is 1. The molecule has 1 N–H and O–H groups in total. The molecule has 0 bridgehead atoms. The highest BCUT2D eigenvalue weighted by atomic mass is 16.3. The van der Waals surface area contributed by atoms with Gasteiger partial charge in [0, 0.05) is 6.42 Å². The van der Waals surface area contributed by atoms with E-state index < -0.39 is 0 Å². The molecule has 0 saturated heterocycles. The third kappa shape index (κ3) is 4.38. The van der Waals surface area contributed by atoms with Crippen molar-refractivity contribution in [3.05, 3.63) is 60.1 Å². The summed E-state index contributed by atoms with van der Waals surface area (Å²) in [6.45, 7) is 0. The maximum Gasteiger partial charge on any atom is 0.106 e. The van der Waals surface area contributed by atoms with E-state index in [0.717, 1.165) is 31.4 Å². The van der Waals surface area contributed by atoms with Gasteiger partial charge in [0.1, 0.15) is 5.76 Å². The van der Waals surface area contributed by atoms with Crippen LogP contribution in [-0.4, -0.2) is 11.2 Å². The standard InChI is InChI=1S/C16H20O2/c17-15(13-16-11-6-12-18-16)10-5-4-9-14-7-2-1-3-8-14/h1-3,6-8,11-12,15,17H,4-5,9-10,13H2. The first-order valence-electron chi connectivity index (χ1n) is 6.59. The lowest BCUT2D eigenvalue weighted by atomic mass is 10.0. The first-order chi connectivity index (χ1) is 8.84. The molecule has 2 nitrogen and oxygen atoms in total. The molecule has 0 spiro atoms. The van der Waals surface area contributed by atoms with Crippen LogP contribution in [0.15, 0.2) is 53.1 Å². The summed E-state index contributed by atoms with van der Waals surface area (Å²) in [6.07, 6.45) is 6.10. The number of rotatable bonds is 7. The van der Waals surface area contributed by atoms with E-state index in [1.165, 1.54) is 5.56 Å². The Balaban J connectivity index is 1.60. The van der Waals surface area contributed by atoms with Gasteiger partial charge in [0.15, 0.2) is 0 Å². The molecule has 1 aromatic carbocycles. The van der Waals surface area contributed by atoms with Gasteiger partial charge in [-0.15, -0.1) is 0 Å². The normalized spacial score (nSPS) is 12.5. The lowest BCUT2D eigenvalue weighted by Crippen LogP contribution is -2.09. The molecule has 1 atom stereocenters. The Hall–Kier alpha value is -1.54. The molecule has 0 aliphatic heterocycles. The Kier molecular flexibility index (Phi) is 5.03. The zero-order valence-corrected chi connectivity index (χ0v) is 10.6. The van der Waals surface area contributed by atoms with Gasteiger partial charge in [0.2, 0.25) is 0 Å². The molecule has 96 valence electrons. The topological polar surface area (TPSA) is 33.4 Å². The van der Waals surface area contributed by atoms with Gasteiger partial charge in [-0.05, 0) is 37.0 Å². The summed E-state index contributed by atoms with van der Waals surface area (Å²) in [7, 11) is 0. The minimum absolute atomic E-state index is 0.285. The van der Waals surface area contributed by atoms with Crippen LogP contribution in [0.4, 0.5) is 0 Å². The van der Waals surface area contributed by atoms with Crippen LogP contribution in [-0.2, 0) is 12.8 Å². The van der Waals surface area contributed by atoms with Crippen LogP contribution in [0.1, 0.15) is 30.6 Å². The maximum absolute atomic E-state index is 9.86. The quantitative estimate of drug-likeness (QED) is 0.755. The maximum atomic E-state index is 9.86. The van der Waals surface area contributed by atoms with Crippen LogP contribution >= 0.6 is 0 Å². The third-order valence-electron chi connectivity index (χ3n) is 3.11. The SMILES string of the molecule is OC(CCCCc1ccccc1)Cc1ccco1. The number of aliphatic hydroxyl groups excluding tert-OH is 1. The van der Waals surface area contributed by atoms with Crippen molar-refractivity contribution in [2.75, 3.05) is 0 Å². The fourth-order valence-corrected chi connectivity index (χ4v) is 2.12. The van der Waals surface area contributed by atoms with Crippen LogP contribution in [0.5, 0.6) is 0 Å². The van der Waals surface area contributed by atoms with E-state index in [-0.39, 0.29) is 6.10 Å². The highest BCUT2D eigenvalue weighted by molar-refractivity contribution is 5.14. The van der Waals surface area contributed by atoms with Crippen molar-refractivity contribution in [2.24, 2.45) is 0 Å². The molecule has 0 radical (unpaired) electrons. The summed E-state index contributed by atoms with van der Waals surface area (Å²) in [5.41, 5.74) is 1.37. The van der Waals surface area contributed by atoms with Gasteiger partial charge in [0.25, 0.3) is 0 Å². The van der Waals surface area contributed by atoms with E-state index in [1.807, 2.05) is 18.2 Å². The smallest absolute Gasteiger partial charge is 0.106 e. The molecule has 0 aliphatic carbocycles. The highest BCUT2D eigenvalue weighted by Gasteiger charge is 2.07. The van der Waals surface area contributed by atoms with Crippen molar-refractivity contribution in [1.29, 1.82) is 0 Å². The third-order valence-corrected chi connectivity index (χ3v) is 3.11. The van der Waals surface area contributed by atoms with Crippen molar-refractivity contribution < 1.29 is 9.52 Å². The Bertz CT molecular complexity index is 420. The summed E-state index contributed by atoms with van der Waals surface area (Å²) in [5.74, 6) is 0.866. The minimum Gasteiger partial charge on any atom is -0.469 e. The second-order valence-electron chi connectivity index (χ2n) is 4.67. The lowest BCUT2D eigenvalue weighted by molar-refractivity contribution is 0.154. The van der Waals surface area contributed by atoms with Crippen molar-refractivity contribution >= 4 is 0 Å².